The lowest BCUT2D eigenvalue weighted by Crippen LogP contribution is -2.38. The van der Waals surface area contributed by atoms with Crippen LogP contribution in [0.1, 0.15) is 44.3 Å². The number of hydrogen-bond acceptors (Lipinski definition) is 4. The molecule has 2 heterocycles. The van der Waals surface area contributed by atoms with Crippen LogP contribution in [0.2, 0.25) is 0 Å². The zero-order valence-corrected chi connectivity index (χ0v) is 13.5. The van der Waals surface area contributed by atoms with Gasteiger partial charge in [0.1, 0.15) is 0 Å². The molecule has 1 saturated heterocycles. The van der Waals surface area contributed by atoms with Crippen molar-refractivity contribution >= 4 is 11.3 Å². The minimum atomic E-state index is 0.180. The van der Waals surface area contributed by atoms with Crippen molar-refractivity contribution in [2.75, 3.05) is 26.7 Å². The van der Waals surface area contributed by atoms with Crippen molar-refractivity contribution < 1.29 is 0 Å². The predicted molar refractivity (Wildman–Crippen MR) is 82.7 cm³/mol. The molecule has 0 spiro atoms. The minimum absolute atomic E-state index is 0.180. The molecule has 0 amide bonds. The van der Waals surface area contributed by atoms with Gasteiger partial charge in [-0.3, -0.25) is 4.90 Å². The zero-order valence-electron chi connectivity index (χ0n) is 12.7. The Morgan fingerprint density at radius 3 is 2.89 bits per heavy atom. The molecule has 1 unspecified atom stereocenters. The van der Waals surface area contributed by atoms with Crippen LogP contribution in [-0.4, -0.2) is 36.6 Å². The van der Waals surface area contributed by atoms with E-state index < -0.39 is 0 Å². The maximum absolute atomic E-state index is 4.81. The van der Waals surface area contributed by atoms with Crippen molar-refractivity contribution in [3.63, 3.8) is 0 Å². The fraction of sp³-hybridized carbons (Fsp3) is 0.800. The third kappa shape index (κ3) is 4.26. The van der Waals surface area contributed by atoms with Gasteiger partial charge in [0, 0.05) is 23.9 Å². The summed E-state index contributed by atoms with van der Waals surface area (Å²) >= 11 is 1.81. The summed E-state index contributed by atoms with van der Waals surface area (Å²) in [4.78, 5) is 7.37. The van der Waals surface area contributed by atoms with Crippen LogP contribution in [0.3, 0.4) is 0 Å². The first kappa shape index (κ1) is 14.9. The number of hydrogen-bond donors (Lipinski definition) is 1. The van der Waals surface area contributed by atoms with Gasteiger partial charge in [-0.25, -0.2) is 4.98 Å². The average Bonchev–Trinajstić information content (AvgIpc) is 2.78. The maximum Gasteiger partial charge on any atom is 0.0982 e. The van der Waals surface area contributed by atoms with Crippen molar-refractivity contribution in [3.05, 3.63) is 16.1 Å². The Kier molecular flexibility index (Phi) is 4.98. The second kappa shape index (κ2) is 6.33. The van der Waals surface area contributed by atoms with Gasteiger partial charge >= 0.3 is 0 Å². The van der Waals surface area contributed by atoms with Crippen LogP contribution in [0, 0.1) is 5.92 Å². The third-order valence-electron chi connectivity index (χ3n) is 3.67. The van der Waals surface area contributed by atoms with Crippen LogP contribution in [0.25, 0.3) is 0 Å². The van der Waals surface area contributed by atoms with E-state index in [2.05, 4.69) is 43.4 Å². The highest BCUT2D eigenvalue weighted by Gasteiger charge is 2.22. The first-order valence-corrected chi connectivity index (χ1v) is 8.19. The zero-order chi connectivity index (χ0) is 13.9. The number of rotatable bonds is 4. The van der Waals surface area contributed by atoms with Gasteiger partial charge in [0.25, 0.3) is 0 Å². The van der Waals surface area contributed by atoms with Crippen molar-refractivity contribution in [1.29, 1.82) is 0 Å². The van der Waals surface area contributed by atoms with Crippen LogP contribution < -0.4 is 5.32 Å². The van der Waals surface area contributed by atoms with E-state index in [-0.39, 0.29) is 5.41 Å². The van der Waals surface area contributed by atoms with Crippen LogP contribution in [-0.2, 0) is 12.0 Å². The molecule has 3 nitrogen and oxygen atoms in total. The summed E-state index contributed by atoms with van der Waals surface area (Å²) in [5.74, 6) is 0.805. The van der Waals surface area contributed by atoms with E-state index in [1.54, 1.807) is 11.3 Å². The summed E-state index contributed by atoms with van der Waals surface area (Å²) in [5, 5.41) is 6.80. The van der Waals surface area contributed by atoms with E-state index in [1.165, 1.54) is 36.6 Å². The van der Waals surface area contributed by atoms with Gasteiger partial charge in [0.2, 0.25) is 0 Å². The monoisotopic (exact) mass is 281 g/mol. The molecule has 1 N–H and O–H groups in total. The molecule has 1 aliphatic heterocycles. The fourth-order valence-corrected chi connectivity index (χ4v) is 3.60. The molecule has 1 fully saturated rings. The van der Waals surface area contributed by atoms with Gasteiger partial charge in [-0.05, 0) is 38.9 Å². The number of nitrogens with zero attached hydrogens (tertiary/aromatic N) is 2. The molecule has 1 aromatic heterocycles. The Balaban J connectivity index is 1.92. The van der Waals surface area contributed by atoms with Crippen LogP contribution >= 0.6 is 11.3 Å². The molecule has 108 valence electrons. The smallest absolute Gasteiger partial charge is 0.0982 e. The van der Waals surface area contributed by atoms with E-state index in [0.717, 1.165) is 19.0 Å². The highest BCUT2D eigenvalue weighted by molar-refractivity contribution is 7.09. The lowest BCUT2D eigenvalue weighted by molar-refractivity contribution is 0.165. The standard InChI is InChI=1S/C15H27N3S/c1-15(2,3)14-17-13(11-19-14)10-18-7-5-6-12(9-18)8-16-4/h11-12,16H,5-10H2,1-4H3. The Bertz CT molecular complexity index is 392. The molecule has 1 aliphatic rings. The average molecular weight is 281 g/mol. The quantitative estimate of drug-likeness (QED) is 0.920. The lowest BCUT2D eigenvalue weighted by atomic mass is 9.97. The maximum atomic E-state index is 4.81. The van der Waals surface area contributed by atoms with E-state index >= 15 is 0 Å². The molecule has 1 atom stereocenters. The number of thiazole rings is 1. The second-order valence-electron chi connectivity index (χ2n) is 6.70. The Morgan fingerprint density at radius 1 is 1.47 bits per heavy atom. The van der Waals surface area contributed by atoms with Crippen molar-refractivity contribution in [1.82, 2.24) is 15.2 Å². The molecule has 0 bridgehead atoms. The van der Waals surface area contributed by atoms with Gasteiger partial charge in [-0.15, -0.1) is 11.3 Å². The number of likely N-dealkylation sites (tertiary alicyclic amines) is 1. The Hall–Kier alpha value is -0.450. The van der Waals surface area contributed by atoms with E-state index in [4.69, 9.17) is 4.98 Å². The van der Waals surface area contributed by atoms with E-state index in [9.17, 15) is 0 Å². The highest BCUT2D eigenvalue weighted by atomic mass is 32.1. The van der Waals surface area contributed by atoms with Crippen molar-refractivity contribution in [2.45, 2.75) is 45.6 Å². The largest absolute Gasteiger partial charge is 0.319 e. The van der Waals surface area contributed by atoms with Crippen LogP contribution in [0.15, 0.2) is 5.38 Å². The summed E-state index contributed by atoms with van der Waals surface area (Å²) in [6.45, 7) is 11.3. The summed E-state index contributed by atoms with van der Waals surface area (Å²) in [6.07, 6.45) is 2.68. The molecule has 2 rings (SSSR count). The normalized spacial score (nSPS) is 21.8. The highest BCUT2D eigenvalue weighted by Crippen LogP contribution is 2.26. The topological polar surface area (TPSA) is 28.2 Å². The molecule has 19 heavy (non-hydrogen) atoms. The Morgan fingerprint density at radius 2 is 2.26 bits per heavy atom. The number of aromatic nitrogens is 1. The van der Waals surface area contributed by atoms with Crippen molar-refractivity contribution in [2.24, 2.45) is 5.92 Å². The number of piperidine rings is 1. The van der Waals surface area contributed by atoms with Gasteiger partial charge < -0.3 is 5.32 Å². The van der Waals surface area contributed by atoms with Crippen molar-refractivity contribution in [3.8, 4) is 0 Å². The molecule has 0 aromatic carbocycles. The van der Waals surface area contributed by atoms with Gasteiger partial charge in [0.15, 0.2) is 0 Å². The van der Waals surface area contributed by atoms with Gasteiger partial charge in [-0.1, -0.05) is 20.8 Å². The summed E-state index contributed by atoms with van der Waals surface area (Å²) < 4.78 is 0. The molecule has 1 aromatic rings. The van der Waals surface area contributed by atoms with Gasteiger partial charge in [-0.2, -0.15) is 0 Å². The molecular formula is C15H27N3S. The molecule has 4 heteroatoms. The fourth-order valence-electron chi connectivity index (χ4n) is 2.70. The molecular weight excluding hydrogens is 254 g/mol. The summed E-state index contributed by atoms with van der Waals surface area (Å²) in [6, 6.07) is 0. The van der Waals surface area contributed by atoms with Gasteiger partial charge in [0.05, 0.1) is 10.7 Å². The minimum Gasteiger partial charge on any atom is -0.319 e. The first-order valence-electron chi connectivity index (χ1n) is 7.31. The molecule has 0 radical (unpaired) electrons. The SMILES string of the molecule is CNCC1CCCN(Cc2csc(C(C)(C)C)n2)C1. The molecule has 0 aliphatic carbocycles. The van der Waals surface area contributed by atoms with E-state index in [0.29, 0.717) is 0 Å². The predicted octanol–water partition coefficient (Wildman–Crippen LogP) is 2.87. The van der Waals surface area contributed by atoms with Crippen LogP contribution in [0.4, 0.5) is 0 Å². The van der Waals surface area contributed by atoms with E-state index in [1.807, 2.05) is 0 Å². The summed E-state index contributed by atoms with van der Waals surface area (Å²) in [5.41, 5.74) is 1.43. The summed E-state index contributed by atoms with van der Waals surface area (Å²) in [7, 11) is 2.05. The third-order valence-corrected chi connectivity index (χ3v) is 4.99. The van der Waals surface area contributed by atoms with Crippen LogP contribution in [0.5, 0.6) is 0 Å². The Labute approximate surface area is 121 Å². The lowest BCUT2D eigenvalue weighted by Gasteiger charge is -2.32. The second-order valence-corrected chi connectivity index (χ2v) is 7.55. The number of nitrogens with one attached hydrogen (secondary N) is 1. The first-order chi connectivity index (χ1) is 8.99. The molecule has 0 saturated carbocycles.